The van der Waals surface area contributed by atoms with Crippen molar-refractivity contribution in [3.05, 3.63) is 59.2 Å². The van der Waals surface area contributed by atoms with Crippen LogP contribution in [0.5, 0.6) is 0 Å². The number of hydrogen-bond acceptors (Lipinski definition) is 3. The van der Waals surface area contributed by atoms with Gasteiger partial charge in [-0.1, -0.05) is 30.3 Å². The molecule has 0 saturated heterocycles. The third kappa shape index (κ3) is 4.58. The first-order valence-corrected chi connectivity index (χ1v) is 8.54. The van der Waals surface area contributed by atoms with E-state index < -0.39 is 0 Å². The number of nitrogens with zero attached hydrogens (tertiary/aromatic N) is 1. The highest BCUT2D eigenvalue weighted by molar-refractivity contribution is 7.98. The molecule has 0 atom stereocenters. The molecule has 2 aromatic rings. The molecule has 0 fully saturated rings. The summed E-state index contributed by atoms with van der Waals surface area (Å²) in [7, 11) is 0. The van der Waals surface area contributed by atoms with Crippen molar-refractivity contribution < 1.29 is 0 Å². The van der Waals surface area contributed by atoms with Crippen molar-refractivity contribution in [3.63, 3.8) is 0 Å². The van der Waals surface area contributed by atoms with Gasteiger partial charge >= 0.3 is 0 Å². The van der Waals surface area contributed by atoms with Gasteiger partial charge in [-0.3, -0.25) is 5.43 Å². The Morgan fingerprint density at radius 2 is 1.73 bits per heavy atom. The number of para-hydroxylation sites is 1. The summed E-state index contributed by atoms with van der Waals surface area (Å²) in [6.45, 7) is 4.10. The van der Waals surface area contributed by atoms with Crippen LogP contribution in [0.2, 0.25) is 0 Å². The predicted molar refractivity (Wildman–Crippen MR) is 101 cm³/mol. The standard InChI is InChI=1S/C17H19N3S2/c1-12-5-4-6-13(2)16(12)19-17(21)20-18-11-14-7-9-15(22-3)10-8-14/h4-11H,1-3H3,(H2,19,20,21)/b18-11-. The monoisotopic (exact) mass is 329 g/mol. The number of aryl methyl sites for hydroxylation is 2. The van der Waals surface area contributed by atoms with Gasteiger partial charge in [0.25, 0.3) is 0 Å². The molecule has 0 spiro atoms. The lowest BCUT2D eigenvalue weighted by Gasteiger charge is -2.12. The first-order valence-electron chi connectivity index (χ1n) is 6.90. The van der Waals surface area contributed by atoms with E-state index in [1.54, 1.807) is 18.0 Å². The van der Waals surface area contributed by atoms with Crippen LogP contribution in [-0.4, -0.2) is 17.6 Å². The molecule has 114 valence electrons. The zero-order chi connectivity index (χ0) is 15.9. The van der Waals surface area contributed by atoms with E-state index in [-0.39, 0.29) is 0 Å². The van der Waals surface area contributed by atoms with Gasteiger partial charge in [0.2, 0.25) is 0 Å². The molecule has 0 heterocycles. The van der Waals surface area contributed by atoms with E-state index in [9.17, 15) is 0 Å². The van der Waals surface area contributed by atoms with Crippen LogP contribution >= 0.6 is 24.0 Å². The van der Waals surface area contributed by atoms with Crippen LogP contribution in [0, 0.1) is 13.8 Å². The second-order valence-electron chi connectivity index (χ2n) is 4.86. The van der Waals surface area contributed by atoms with E-state index in [1.165, 1.54) is 4.90 Å². The molecule has 0 unspecified atom stereocenters. The number of thioether (sulfide) groups is 1. The average molecular weight is 329 g/mol. The Hall–Kier alpha value is -1.85. The molecular weight excluding hydrogens is 310 g/mol. The Morgan fingerprint density at radius 1 is 1.09 bits per heavy atom. The minimum Gasteiger partial charge on any atom is -0.331 e. The Kier molecular flexibility index (Phi) is 5.98. The van der Waals surface area contributed by atoms with Crippen LogP contribution in [0.25, 0.3) is 0 Å². The van der Waals surface area contributed by atoms with Gasteiger partial charge < -0.3 is 5.32 Å². The maximum Gasteiger partial charge on any atom is 0.191 e. The van der Waals surface area contributed by atoms with E-state index in [2.05, 4.69) is 60.2 Å². The highest BCUT2D eigenvalue weighted by Crippen LogP contribution is 2.19. The summed E-state index contributed by atoms with van der Waals surface area (Å²) in [6.07, 6.45) is 3.81. The number of thiocarbonyl (C=S) groups is 1. The van der Waals surface area contributed by atoms with Crippen LogP contribution in [0.1, 0.15) is 16.7 Å². The molecule has 0 bridgehead atoms. The molecule has 0 aliphatic rings. The number of hydrogen-bond donors (Lipinski definition) is 2. The van der Waals surface area contributed by atoms with E-state index in [1.807, 2.05) is 18.2 Å². The largest absolute Gasteiger partial charge is 0.331 e. The Labute approximate surface area is 141 Å². The summed E-state index contributed by atoms with van der Waals surface area (Å²) in [6, 6.07) is 14.3. The molecular formula is C17H19N3S2. The van der Waals surface area contributed by atoms with Gasteiger partial charge in [-0.15, -0.1) is 11.8 Å². The molecule has 22 heavy (non-hydrogen) atoms. The second-order valence-corrected chi connectivity index (χ2v) is 6.15. The third-order valence-electron chi connectivity index (χ3n) is 3.22. The first-order chi connectivity index (χ1) is 10.6. The van der Waals surface area contributed by atoms with Crippen molar-refractivity contribution in [2.75, 3.05) is 11.6 Å². The molecule has 2 N–H and O–H groups in total. The maximum atomic E-state index is 5.27. The van der Waals surface area contributed by atoms with E-state index in [4.69, 9.17) is 12.2 Å². The van der Waals surface area contributed by atoms with Crippen LogP contribution in [-0.2, 0) is 0 Å². The molecule has 2 aromatic carbocycles. The fourth-order valence-corrected chi connectivity index (χ4v) is 2.57. The number of hydrazone groups is 1. The Bertz CT molecular complexity index is 659. The molecule has 0 radical (unpaired) electrons. The highest BCUT2D eigenvalue weighted by Gasteiger charge is 2.03. The Balaban J connectivity index is 1.93. The van der Waals surface area contributed by atoms with Gasteiger partial charge in [0, 0.05) is 10.6 Å². The number of benzene rings is 2. The molecule has 0 aromatic heterocycles. The van der Waals surface area contributed by atoms with Crippen LogP contribution in [0.3, 0.4) is 0 Å². The molecule has 0 aliphatic heterocycles. The molecule has 0 amide bonds. The fourth-order valence-electron chi connectivity index (χ4n) is 2.01. The quantitative estimate of drug-likeness (QED) is 0.378. The zero-order valence-corrected chi connectivity index (χ0v) is 14.5. The highest BCUT2D eigenvalue weighted by atomic mass is 32.2. The summed E-state index contributed by atoms with van der Waals surface area (Å²) in [5.74, 6) is 0. The third-order valence-corrected chi connectivity index (χ3v) is 4.15. The van der Waals surface area contributed by atoms with Gasteiger partial charge in [-0.05, 0) is 61.1 Å². The summed E-state index contributed by atoms with van der Waals surface area (Å²) in [4.78, 5) is 1.23. The summed E-state index contributed by atoms with van der Waals surface area (Å²) >= 11 is 6.99. The summed E-state index contributed by atoms with van der Waals surface area (Å²) in [5.41, 5.74) is 7.21. The van der Waals surface area contributed by atoms with E-state index in [0.717, 1.165) is 22.4 Å². The lowest BCUT2D eigenvalue weighted by molar-refractivity contribution is 1.05. The van der Waals surface area contributed by atoms with Crippen LogP contribution < -0.4 is 10.7 Å². The lowest BCUT2D eigenvalue weighted by atomic mass is 10.1. The normalized spacial score (nSPS) is 10.7. The maximum absolute atomic E-state index is 5.27. The van der Waals surface area contributed by atoms with Gasteiger partial charge in [0.1, 0.15) is 0 Å². The van der Waals surface area contributed by atoms with Crippen molar-refractivity contribution in [1.82, 2.24) is 5.43 Å². The van der Waals surface area contributed by atoms with Crippen molar-refractivity contribution in [2.45, 2.75) is 18.7 Å². The van der Waals surface area contributed by atoms with E-state index in [0.29, 0.717) is 5.11 Å². The molecule has 2 rings (SSSR count). The summed E-state index contributed by atoms with van der Waals surface area (Å²) < 4.78 is 0. The zero-order valence-electron chi connectivity index (χ0n) is 12.9. The van der Waals surface area contributed by atoms with Gasteiger partial charge in [0.05, 0.1) is 6.21 Å². The molecule has 3 nitrogen and oxygen atoms in total. The number of anilines is 1. The lowest BCUT2D eigenvalue weighted by Crippen LogP contribution is -2.24. The minimum atomic E-state index is 0.481. The van der Waals surface area contributed by atoms with Crippen molar-refractivity contribution in [1.29, 1.82) is 0 Å². The molecule has 5 heteroatoms. The first kappa shape index (κ1) is 16.5. The topological polar surface area (TPSA) is 36.4 Å². The van der Waals surface area contributed by atoms with Crippen molar-refractivity contribution >= 4 is 41.0 Å². The number of rotatable bonds is 4. The number of nitrogens with one attached hydrogen (secondary N) is 2. The van der Waals surface area contributed by atoms with Gasteiger partial charge in [0.15, 0.2) is 5.11 Å². The summed E-state index contributed by atoms with van der Waals surface area (Å²) in [5, 5.41) is 7.83. The predicted octanol–water partition coefficient (Wildman–Crippen LogP) is 4.35. The SMILES string of the molecule is CSc1ccc(/C=N\NC(=S)Nc2c(C)cccc2C)cc1. The molecule has 0 saturated carbocycles. The van der Waals surface area contributed by atoms with Gasteiger partial charge in [-0.25, -0.2) is 0 Å². The van der Waals surface area contributed by atoms with Crippen LogP contribution in [0.15, 0.2) is 52.5 Å². The van der Waals surface area contributed by atoms with E-state index >= 15 is 0 Å². The van der Waals surface area contributed by atoms with Crippen molar-refractivity contribution in [2.24, 2.45) is 5.10 Å². The second kappa shape index (κ2) is 7.96. The van der Waals surface area contributed by atoms with Gasteiger partial charge in [-0.2, -0.15) is 5.10 Å². The Morgan fingerprint density at radius 3 is 2.32 bits per heavy atom. The smallest absolute Gasteiger partial charge is 0.191 e. The van der Waals surface area contributed by atoms with Crippen molar-refractivity contribution in [3.8, 4) is 0 Å². The minimum absolute atomic E-state index is 0.481. The molecule has 0 aliphatic carbocycles. The fraction of sp³-hybridized carbons (Fsp3) is 0.176. The van der Waals surface area contributed by atoms with Crippen LogP contribution in [0.4, 0.5) is 5.69 Å². The average Bonchev–Trinajstić information content (AvgIpc) is 2.52.